The lowest BCUT2D eigenvalue weighted by Gasteiger charge is -2.39. The summed E-state index contributed by atoms with van der Waals surface area (Å²) >= 11 is 0. The number of fused-ring (bicyclic) bond motifs is 1. The summed E-state index contributed by atoms with van der Waals surface area (Å²) in [7, 11) is 0. The predicted molar refractivity (Wildman–Crippen MR) is 41.1 cm³/mol. The lowest BCUT2D eigenvalue weighted by Crippen LogP contribution is -2.34. The maximum Gasteiger partial charge on any atom is 0.303 e. The monoisotopic (exact) mass is 152 g/mol. The SMILES string of the molecule is O=C(O)C[C@H]1C[C@H]2C=CC[C@@H]12. The number of aliphatic carboxylic acids is 1. The molecule has 0 unspecified atom stereocenters. The third-order valence-corrected chi connectivity index (χ3v) is 2.96. The van der Waals surface area contributed by atoms with Gasteiger partial charge in [-0.15, -0.1) is 0 Å². The van der Waals surface area contributed by atoms with Gasteiger partial charge in [0.25, 0.3) is 0 Å². The number of allylic oxidation sites excluding steroid dienone is 2. The molecule has 0 amide bonds. The van der Waals surface area contributed by atoms with Crippen LogP contribution in [0, 0.1) is 17.8 Å². The molecule has 60 valence electrons. The molecule has 1 saturated carbocycles. The summed E-state index contributed by atoms with van der Waals surface area (Å²) in [6.07, 6.45) is 7.03. The van der Waals surface area contributed by atoms with Crippen LogP contribution in [0.25, 0.3) is 0 Å². The van der Waals surface area contributed by atoms with Crippen LogP contribution in [0.15, 0.2) is 12.2 Å². The van der Waals surface area contributed by atoms with Gasteiger partial charge in [-0.05, 0) is 30.6 Å². The first-order chi connectivity index (χ1) is 5.27. The first-order valence-electron chi connectivity index (χ1n) is 4.16. The second-order valence-electron chi connectivity index (χ2n) is 3.59. The van der Waals surface area contributed by atoms with E-state index in [0.29, 0.717) is 18.3 Å². The van der Waals surface area contributed by atoms with E-state index in [2.05, 4.69) is 12.2 Å². The fourth-order valence-corrected chi connectivity index (χ4v) is 2.31. The first kappa shape index (κ1) is 6.89. The molecule has 1 N–H and O–H groups in total. The number of carboxylic acids is 1. The van der Waals surface area contributed by atoms with Gasteiger partial charge in [0.05, 0.1) is 0 Å². The van der Waals surface area contributed by atoms with Crippen molar-refractivity contribution in [2.75, 3.05) is 0 Å². The average Bonchev–Trinajstić information content (AvgIpc) is 2.26. The summed E-state index contributed by atoms with van der Waals surface area (Å²) in [5, 5.41) is 8.55. The van der Waals surface area contributed by atoms with Gasteiger partial charge in [0.1, 0.15) is 0 Å². The Balaban J connectivity index is 1.88. The number of carboxylic acid groups (broad SMARTS) is 1. The topological polar surface area (TPSA) is 37.3 Å². The molecule has 11 heavy (non-hydrogen) atoms. The minimum absolute atomic E-state index is 0.378. The normalized spacial score (nSPS) is 39.8. The van der Waals surface area contributed by atoms with Gasteiger partial charge < -0.3 is 5.11 Å². The van der Waals surface area contributed by atoms with Crippen LogP contribution in [0.2, 0.25) is 0 Å². The highest BCUT2D eigenvalue weighted by Crippen LogP contribution is 2.48. The maximum absolute atomic E-state index is 10.4. The largest absolute Gasteiger partial charge is 0.481 e. The van der Waals surface area contributed by atoms with Crippen molar-refractivity contribution >= 4 is 5.97 Å². The van der Waals surface area contributed by atoms with E-state index in [1.165, 1.54) is 0 Å². The maximum atomic E-state index is 10.4. The molecular formula is C9H12O2. The highest BCUT2D eigenvalue weighted by molar-refractivity contribution is 5.67. The molecule has 2 aliphatic rings. The Morgan fingerprint density at radius 1 is 1.64 bits per heavy atom. The fourth-order valence-electron chi connectivity index (χ4n) is 2.31. The highest BCUT2D eigenvalue weighted by Gasteiger charge is 2.41. The van der Waals surface area contributed by atoms with Gasteiger partial charge in [-0.2, -0.15) is 0 Å². The fraction of sp³-hybridized carbons (Fsp3) is 0.667. The summed E-state index contributed by atoms with van der Waals surface area (Å²) < 4.78 is 0. The molecule has 0 radical (unpaired) electrons. The summed E-state index contributed by atoms with van der Waals surface area (Å²) in [6.45, 7) is 0. The van der Waals surface area contributed by atoms with Crippen molar-refractivity contribution in [2.24, 2.45) is 17.8 Å². The van der Waals surface area contributed by atoms with Gasteiger partial charge in [-0.3, -0.25) is 4.79 Å². The van der Waals surface area contributed by atoms with Crippen LogP contribution >= 0.6 is 0 Å². The Hall–Kier alpha value is -0.790. The molecular weight excluding hydrogens is 140 g/mol. The molecule has 0 spiro atoms. The van der Waals surface area contributed by atoms with Crippen LogP contribution in [0.4, 0.5) is 0 Å². The smallest absolute Gasteiger partial charge is 0.303 e. The second-order valence-corrected chi connectivity index (χ2v) is 3.59. The van der Waals surface area contributed by atoms with Crippen molar-refractivity contribution in [3.8, 4) is 0 Å². The summed E-state index contributed by atoms with van der Waals surface area (Å²) in [4.78, 5) is 10.4. The van der Waals surface area contributed by atoms with Gasteiger partial charge in [0.2, 0.25) is 0 Å². The van der Waals surface area contributed by atoms with Crippen molar-refractivity contribution in [2.45, 2.75) is 19.3 Å². The van der Waals surface area contributed by atoms with Gasteiger partial charge in [0, 0.05) is 6.42 Å². The van der Waals surface area contributed by atoms with E-state index >= 15 is 0 Å². The molecule has 0 aliphatic heterocycles. The Bertz CT molecular complexity index is 208. The van der Waals surface area contributed by atoms with Crippen molar-refractivity contribution in [3.05, 3.63) is 12.2 Å². The van der Waals surface area contributed by atoms with Gasteiger partial charge in [0.15, 0.2) is 0 Å². The lowest BCUT2D eigenvalue weighted by atomic mass is 9.65. The van der Waals surface area contributed by atoms with Crippen LogP contribution in [0.5, 0.6) is 0 Å². The van der Waals surface area contributed by atoms with Gasteiger partial charge >= 0.3 is 5.97 Å². The van der Waals surface area contributed by atoms with Crippen molar-refractivity contribution in [1.82, 2.24) is 0 Å². The highest BCUT2D eigenvalue weighted by atomic mass is 16.4. The van der Waals surface area contributed by atoms with Crippen LogP contribution in [-0.2, 0) is 4.79 Å². The van der Waals surface area contributed by atoms with Crippen molar-refractivity contribution < 1.29 is 9.90 Å². The van der Waals surface area contributed by atoms with Gasteiger partial charge in [-0.1, -0.05) is 12.2 Å². The standard InChI is InChI=1S/C9H12O2/c10-9(11)5-7-4-6-2-1-3-8(6)7/h1-2,6-8H,3-5H2,(H,10,11)/t6-,7-,8-/m1/s1. The molecule has 2 heteroatoms. The van der Waals surface area contributed by atoms with Crippen molar-refractivity contribution in [3.63, 3.8) is 0 Å². The average molecular weight is 152 g/mol. The minimum atomic E-state index is -0.639. The molecule has 0 aromatic carbocycles. The Morgan fingerprint density at radius 3 is 3.09 bits per heavy atom. The Labute approximate surface area is 65.9 Å². The molecule has 0 aromatic heterocycles. The molecule has 3 atom stereocenters. The third-order valence-electron chi connectivity index (χ3n) is 2.96. The molecule has 0 heterocycles. The zero-order chi connectivity index (χ0) is 7.84. The Kier molecular flexibility index (Phi) is 1.48. The molecule has 0 aromatic rings. The van der Waals surface area contributed by atoms with Crippen LogP contribution < -0.4 is 0 Å². The van der Waals surface area contributed by atoms with E-state index in [1.807, 2.05) is 0 Å². The van der Waals surface area contributed by atoms with E-state index in [4.69, 9.17) is 5.11 Å². The molecule has 0 bridgehead atoms. The number of hydrogen-bond donors (Lipinski definition) is 1. The lowest BCUT2D eigenvalue weighted by molar-refractivity contribution is -0.140. The molecule has 2 aliphatic carbocycles. The molecule has 1 fully saturated rings. The summed E-state index contributed by atoms with van der Waals surface area (Å²) in [5.74, 6) is 1.22. The molecule has 2 nitrogen and oxygen atoms in total. The number of carbonyl (C=O) groups is 1. The molecule has 2 rings (SSSR count). The van der Waals surface area contributed by atoms with Gasteiger partial charge in [-0.25, -0.2) is 0 Å². The quantitative estimate of drug-likeness (QED) is 0.611. The van der Waals surface area contributed by atoms with Crippen LogP contribution in [0.3, 0.4) is 0 Å². The van der Waals surface area contributed by atoms with Crippen LogP contribution in [-0.4, -0.2) is 11.1 Å². The minimum Gasteiger partial charge on any atom is -0.481 e. The van der Waals surface area contributed by atoms with E-state index in [9.17, 15) is 4.79 Å². The predicted octanol–water partition coefficient (Wildman–Crippen LogP) is 1.67. The third kappa shape index (κ3) is 1.06. The van der Waals surface area contributed by atoms with E-state index in [0.717, 1.165) is 18.8 Å². The summed E-state index contributed by atoms with van der Waals surface area (Å²) in [6, 6.07) is 0. The summed E-state index contributed by atoms with van der Waals surface area (Å²) in [5.41, 5.74) is 0. The number of hydrogen-bond acceptors (Lipinski definition) is 1. The van der Waals surface area contributed by atoms with E-state index in [-0.39, 0.29) is 0 Å². The Morgan fingerprint density at radius 2 is 2.45 bits per heavy atom. The zero-order valence-corrected chi connectivity index (χ0v) is 6.36. The second kappa shape index (κ2) is 2.36. The van der Waals surface area contributed by atoms with Crippen molar-refractivity contribution in [1.29, 1.82) is 0 Å². The molecule has 0 saturated heterocycles. The zero-order valence-electron chi connectivity index (χ0n) is 6.36. The number of rotatable bonds is 2. The van der Waals surface area contributed by atoms with E-state index < -0.39 is 5.97 Å². The first-order valence-corrected chi connectivity index (χ1v) is 4.16. The van der Waals surface area contributed by atoms with Crippen LogP contribution in [0.1, 0.15) is 19.3 Å². The van der Waals surface area contributed by atoms with E-state index in [1.54, 1.807) is 0 Å².